The number of rotatable bonds is 6. The minimum Gasteiger partial charge on any atom is -0.359 e. The number of carbonyl (C=O) groups excluding carboxylic acids is 1. The lowest BCUT2D eigenvalue weighted by Crippen LogP contribution is -2.39. The molecule has 0 saturated carbocycles. The van der Waals surface area contributed by atoms with Crippen LogP contribution in [0.25, 0.3) is 11.4 Å². The van der Waals surface area contributed by atoms with E-state index in [9.17, 15) is 4.79 Å². The Bertz CT molecular complexity index is 876. The van der Waals surface area contributed by atoms with Crippen LogP contribution in [0.2, 0.25) is 0 Å². The van der Waals surface area contributed by atoms with Gasteiger partial charge in [0.05, 0.1) is 12.2 Å². The summed E-state index contributed by atoms with van der Waals surface area (Å²) in [7, 11) is 0. The molecule has 1 amide bonds. The molecular formula is C20H21N5O2. The number of hydrogen-bond acceptors (Lipinski definition) is 6. The van der Waals surface area contributed by atoms with Crippen molar-refractivity contribution in [3.05, 3.63) is 66.3 Å². The van der Waals surface area contributed by atoms with E-state index in [-0.39, 0.29) is 18.5 Å². The van der Waals surface area contributed by atoms with Gasteiger partial charge in [-0.1, -0.05) is 17.3 Å². The highest BCUT2D eigenvalue weighted by atomic mass is 16.5. The Kier molecular flexibility index (Phi) is 5.20. The highest BCUT2D eigenvalue weighted by Gasteiger charge is 2.29. The van der Waals surface area contributed by atoms with Crippen LogP contribution in [0.5, 0.6) is 0 Å². The van der Waals surface area contributed by atoms with Crippen LogP contribution >= 0.6 is 0 Å². The summed E-state index contributed by atoms with van der Waals surface area (Å²) in [5, 5.41) is 7.01. The number of nitrogens with one attached hydrogen (secondary N) is 1. The lowest BCUT2D eigenvalue weighted by Gasteiger charge is -2.26. The van der Waals surface area contributed by atoms with Gasteiger partial charge in [0.25, 0.3) is 0 Å². The van der Waals surface area contributed by atoms with Gasteiger partial charge < -0.3 is 9.84 Å². The molecule has 7 heteroatoms. The molecule has 0 radical (unpaired) electrons. The van der Waals surface area contributed by atoms with Crippen LogP contribution < -0.4 is 5.32 Å². The second-order valence-corrected chi connectivity index (χ2v) is 6.54. The molecule has 1 atom stereocenters. The zero-order valence-corrected chi connectivity index (χ0v) is 14.9. The lowest BCUT2D eigenvalue weighted by atomic mass is 10.1. The van der Waals surface area contributed by atoms with Crippen LogP contribution in [-0.4, -0.2) is 39.0 Å². The topological polar surface area (TPSA) is 84.2 Å². The molecule has 1 N–H and O–H groups in total. The van der Waals surface area contributed by atoms with E-state index in [0.29, 0.717) is 11.5 Å². The fourth-order valence-corrected chi connectivity index (χ4v) is 3.37. The largest absolute Gasteiger partial charge is 0.359 e. The number of carbonyl (C=O) groups is 1. The molecule has 0 unspecified atom stereocenters. The zero-order chi connectivity index (χ0) is 18.5. The number of hydrogen-bond donors (Lipinski definition) is 1. The monoisotopic (exact) mass is 363 g/mol. The Hall–Kier alpha value is -3.06. The first-order valence-corrected chi connectivity index (χ1v) is 9.10. The molecule has 138 valence electrons. The molecule has 0 spiro atoms. The summed E-state index contributed by atoms with van der Waals surface area (Å²) in [5.41, 5.74) is 2.30. The number of likely N-dealkylation sites (tertiary alicyclic amines) is 1. The molecule has 1 fully saturated rings. The maximum Gasteiger partial charge on any atom is 0.242 e. The molecule has 1 aliphatic rings. The van der Waals surface area contributed by atoms with Gasteiger partial charge in [0.2, 0.25) is 5.91 Å². The fourth-order valence-electron chi connectivity index (χ4n) is 3.37. The van der Waals surface area contributed by atoms with Gasteiger partial charge >= 0.3 is 0 Å². The van der Waals surface area contributed by atoms with Crippen LogP contribution in [-0.2, 0) is 11.3 Å². The van der Waals surface area contributed by atoms with Crippen molar-refractivity contribution in [2.24, 2.45) is 0 Å². The predicted octanol–water partition coefficient (Wildman–Crippen LogP) is 2.58. The summed E-state index contributed by atoms with van der Waals surface area (Å²) in [6, 6.07) is 10.9. The molecule has 1 aliphatic heterocycles. The van der Waals surface area contributed by atoms with E-state index in [2.05, 4.69) is 25.3 Å². The number of amides is 1. The minimum atomic E-state index is -0.334. The number of nitrogens with zero attached hydrogens (tertiary/aromatic N) is 4. The van der Waals surface area contributed by atoms with Gasteiger partial charge in [0.1, 0.15) is 11.7 Å². The van der Waals surface area contributed by atoms with Gasteiger partial charge in [-0.15, -0.1) is 0 Å². The number of aromatic nitrogens is 3. The summed E-state index contributed by atoms with van der Waals surface area (Å²) in [5.74, 6) is 0.538. The zero-order valence-electron chi connectivity index (χ0n) is 14.9. The quantitative estimate of drug-likeness (QED) is 0.725. The first kappa shape index (κ1) is 17.4. The van der Waals surface area contributed by atoms with Crippen molar-refractivity contribution in [3.8, 4) is 11.4 Å². The molecule has 0 aliphatic carbocycles. The SMILES string of the molecule is O=C(NCc1cc(-c2ccccn2)no1)[C@@H](c1cccnc1)N1CCCC1. The van der Waals surface area contributed by atoms with E-state index in [1.54, 1.807) is 24.7 Å². The third-order valence-electron chi connectivity index (χ3n) is 4.68. The third-order valence-corrected chi connectivity index (χ3v) is 4.68. The Balaban J connectivity index is 1.45. The van der Waals surface area contributed by atoms with E-state index < -0.39 is 0 Å². The van der Waals surface area contributed by atoms with Gasteiger partial charge in [-0.05, 0) is 49.7 Å². The second-order valence-electron chi connectivity index (χ2n) is 6.54. The second kappa shape index (κ2) is 8.09. The highest BCUT2D eigenvalue weighted by molar-refractivity contribution is 5.83. The van der Waals surface area contributed by atoms with Crippen LogP contribution in [0.3, 0.4) is 0 Å². The molecule has 1 saturated heterocycles. The summed E-state index contributed by atoms with van der Waals surface area (Å²) >= 11 is 0. The van der Waals surface area contributed by atoms with Crippen LogP contribution in [0.1, 0.15) is 30.2 Å². The Morgan fingerprint density at radius 2 is 2.04 bits per heavy atom. The van der Waals surface area contributed by atoms with Crippen molar-refractivity contribution < 1.29 is 9.32 Å². The molecular weight excluding hydrogens is 342 g/mol. The van der Waals surface area contributed by atoms with E-state index in [1.165, 1.54) is 0 Å². The van der Waals surface area contributed by atoms with Gasteiger partial charge in [0.15, 0.2) is 5.76 Å². The van der Waals surface area contributed by atoms with Gasteiger partial charge in [-0.3, -0.25) is 19.7 Å². The van der Waals surface area contributed by atoms with Gasteiger partial charge in [-0.25, -0.2) is 0 Å². The summed E-state index contributed by atoms with van der Waals surface area (Å²) in [4.78, 5) is 23.6. The van der Waals surface area contributed by atoms with Gasteiger partial charge in [-0.2, -0.15) is 0 Å². The van der Waals surface area contributed by atoms with Crippen molar-refractivity contribution in [1.29, 1.82) is 0 Å². The van der Waals surface area contributed by atoms with Crippen molar-refractivity contribution in [2.75, 3.05) is 13.1 Å². The summed E-state index contributed by atoms with van der Waals surface area (Å²) in [6.45, 7) is 2.11. The molecule has 4 heterocycles. The first-order chi connectivity index (χ1) is 13.3. The first-order valence-electron chi connectivity index (χ1n) is 9.10. The van der Waals surface area contributed by atoms with Crippen LogP contribution in [0, 0.1) is 0 Å². The summed E-state index contributed by atoms with van der Waals surface area (Å²) in [6.07, 6.45) is 7.41. The molecule has 0 aromatic carbocycles. The van der Waals surface area contributed by atoms with Crippen molar-refractivity contribution in [3.63, 3.8) is 0 Å². The van der Waals surface area contributed by atoms with Crippen molar-refractivity contribution in [2.45, 2.75) is 25.4 Å². The predicted molar refractivity (Wildman–Crippen MR) is 99.4 cm³/mol. The van der Waals surface area contributed by atoms with E-state index in [4.69, 9.17) is 4.52 Å². The minimum absolute atomic E-state index is 0.0549. The van der Waals surface area contributed by atoms with Crippen molar-refractivity contribution in [1.82, 2.24) is 25.3 Å². The van der Waals surface area contributed by atoms with Crippen LogP contribution in [0.15, 0.2) is 59.5 Å². The Morgan fingerprint density at radius 1 is 1.15 bits per heavy atom. The van der Waals surface area contributed by atoms with Crippen LogP contribution in [0.4, 0.5) is 0 Å². The average molecular weight is 363 g/mol. The van der Waals surface area contributed by atoms with E-state index in [1.807, 2.05) is 30.3 Å². The van der Waals surface area contributed by atoms with Crippen molar-refractivity contribution >= 4 is 5.91 Å². The molecule has 7 nitrogen and oxygen atoms in total. The average Bonchev–Trinajstić information content (AvgIpc) is 3.41. The standard InChI is InChI=1S/C20H21N5O2/c26-20(19(25-10-3-4-11-25)15-6-5-8-21-13-15)23-14-16-12-18(24-27-16)17-7-1-2-9-22-17/h1-2,5-9,12-13,19H,3-4,10-11,14H2,(H,23,26)/t19-/m1/s1. The molecule has 4 rings (SSSR count). The molecule has 3 aromatic rings. The maximum absolute atomic E-state index is 12.9. The fraction of sp³-hybridized carbons (Fsp3) is 0.300. The Labute approximate surface area is 157 Å². The molecule has 3 aromatic heterocycles. The lowest BCUT2D eigenvalue weighted by molar-refractivity contribution is -0.126. The van der Waals surface area contributed by atoms with Gasteiger partial charge in [0, 0.05) is 24.7 Å². The normalized spacial score (nSPS) is 15.6. The Morgan fingerprint density at radius 3 is 2.78 bits per heavy atom. The highest BCUT2D eigenvalue weighted by Crippen LogP contribution is 2.25. The third kappa shape index (κ3) is 4.03. The maximum atomic E-state index is 12.9. The smallest absolute Gasteiger partial charge is 0.242 e. The number of pyridine rings is 2. The van der Waals surface area contributed by atoms with E-state index >= 15 is 0 Å². The molecule has 0 bridgehead atoms. The summed E-state index contributed by atoms with van der Waals surface area (Å²) < 4.78 is 5.35. The van der Waals surface area contributed by atoms with E-state index in [0.717, 1.165) is 37.2 Å². The molecule has 27 heavy (non-hydrogen) atoms.